The lowest BCUT2D eigenvalue weighted by molar-refractivity contribution is 0.297. The molecular weight excluding hydrogens is 372 g/mol. The van der Waals surface area contributed by atoms with Crippen LogP contribution in [-0.4, -0.2) is 21.6 Å². The minimum absolute atomic E-state index is 0.0532. The third-order valence-electron chi connectivity index (χ3n) is 4.98. The number of sulfone groups is 1. The van der Waals surface area contributed by atoms with Gasteiger partial charge in [0.25, 0.3) is 0 Å². The highest BCUT2D eigenvalue weighted by atomic mass is 35.5. The molecule has 2 aromatic rings. The Bertz CT molecular complexity index is 923. The minimum Gasteiger partial charge on any atom is -0.489 e. The maximum atomic E-state index is 13.1. The Morgan fingerprint density at radius 2 is 1.88 bits per heavy atom. The Morgan fingerprint density at radius 1 is 1.08 bits per heavy atom. The smallest absolute Gasteiger partial charge is 0.179 e. The summed E-state index contributed by atoms with van der Waals surface area (Å²) < 4.78 is 37.6. The van der Waals surface area contributed by atoms with Crippen LogP contribution >= 0.6 is 11.6 Å². The molecular formula is C20H21ClO4S. The SMILES string of the molecule is O=S(=O)(Cc1cc(Cl)c2c(c1)OCCCO2)C1CCCc2ccccc21. The summed E-state index contributed by atoms with van der Waals surface area (Å²) in [5.41, 5.74) is 2.73. The number of fused-ring (bicyclic) bond motifs is 2. The van der Waals surface area contributed by atoms with Crippen LogP contribution in [0.25, 0.3) is 0 Å². The van der Waals surface area contributed by atoms with Gasteiger partial charge in [-0.05, 0) is 48.1 Å². The van der Waals surface area contributed by atoms with Crippen LogP contribution in [0, 0.1) is 0 Å². The molecule has 1 aliphatic carbocycles. The molecule has 1 unspecified atom stereocenters. The van der Waals surface area contributed by atoms with Gasteiger partial charge in [-0.15, -0.1) is 0 Å². The van der Waals surface area contributed by atoms with Gasteiger partial charge in [-0.3, -0.25) is 0 Å². The zero-order valence-electron chi connectivity index (χ0n) is 14.4. The lowest BCUT2D eigenvalue weighted by atomic mass is 9.91. The highest BCUT2D eigenvalue weighted by Crippen LogP contribution is 2.41. The van der Waals surface area contributed by atoms with Crippen molar-refractivity contribution < 1.29 is 17.9 Å². The molecule has 0 amide bonds. The van der Waals surface area contributed by atoms with E-state index in [1.54, 1.807) is 12.1 Å². The Kier molecular flexibility index (Phi) is 4.84. The normalized spacial score (nSPS) is 19.5. The van der Waals surface area contributed by atoms with E-state index in [9.17, 15) is 8.42 Å². The summed E-state index contributed by atoms with van der Waals surface area (Å²) in [4.78, 5) is 0. The zero-order chi connectivity index (χ0) is 18.1. The topological polar surface area (TPSA) is 52.6 Å². The van der Waals surface area contributed by atoms with Crippen LogP contribution in [0.3, 0.4) is 0 Å². The lowest BCUT2D eigenvalue weighted by Gasteiger charge is -2.25. The number of rotatable bonds is 3. The van der Waals surface area contributed by atoms with Gasteiger partial charge < -0.3 is 9.47 Å². The second-order valence-electron chi connectivity index (χ2n) is 6.84. The van der Waals surface area contributed by atoms with Crippen LogP contribution in [0.2, 0.25) is 5.02 Å². The van der Waals surface area contributed by atoms with E-state index < -0.39 is 15.1 Å². The van der Waals surface area contributed by atoms with Gasteiger partial charge in [0.1, 0.15) is 0 Å². The molecule has 1 atom stereocenters. The largest absolute Gasteiger partial charge is 0.489 e. The number of aryl methyl sites for hydroxylation is 1. The number of ether oxygens (including phenoxy) is 2. The van der Waals surface area contributed by atoms with Gasteiger partial charge >= 0.3 is 0 Å². The molecule has 0 saturated heterocycles. The van der Waals surface area contributed by atoms with Gasteiger partial charge in [0.2, 0.25) is 0 Å². The van der Waals surface area contributed by atoms with Gasteiger partial charge in [-0.1, -0.05) is 35.9 Å². The van der Waals surface area contributed by atoms with E-state index in [1.807, 2.05) is 24.3 Å². The fourth-order valence-electron chi connectivity index (χ4n) is 3.78. The maximum Gasteiger partial charge on any atom is 0.179 e. The van der Waals surface area contributed by atoms with Gasteiger partial charge in [-0.25, -0.2) is 8.42 Å². The second-order valence-corrected chi connectivity index (χ2v) is 9.43. The molecule has 1 aliphatic heterocycles. The third-order valence-corrected chi connectivity index (χ3v) is 7.35. The fourth-order valence-corrected chi connectivity index (χ4v) is 6.05. The quantitative estimate of drug-likeness (QED) is 0.772. The van der Waals surface area contributed by atoms with E-state index in [-0.39, 0.29) is 5.75 Å². The summed E-state index contributed by atoms with van der Waals surface area (Å²) in [6.45, 7) is 1.08. The fraction of sp³-hybridized carbons (Fsp3) is 0.400. The Labute approximate surface area is 159 Å². The van der Waals surface area contributed by atoms with Crippen molar-refractivity contribution >= 4 is 21.4 Å². The van der Waals surface area contributed by atoms with Crippen molar-refractivity contribution in [2.24, 2.45) is 0 Å². The third kappa shape index (κ3) is 3.42. The molecule has 0 saturated carbocycles. The van der Waals surface area contributed by atoms with Crippen LogP contribution in [0.15, 0.2) is 36.4 Å². The Balaban J connectivity index is 1.65. The zero-order valence-corrected chi connectivity index (χ0v) is 16.0. The number of hydrogen-bond acceptors (Lipinski definition) is 4. The van der Waals surface area contributed by atoms with Gasteiger partial charge in [0, 0.05) is 6.42 Å². The summed E-state index contributed by atoms with van der Waals surface area (Å²) in [7, 11) is -3.36. The molecule has 2 aliphatic rings. The first-order valence-corrected chi connectivity index (χ1v) is 11.0. The highest BCUT2D eigenvalue weighted by molar-refractivity contribution is 7.90. The van der Waals surface area contributed by atoms with Crippen molar-refractivity contribution in [3.63, 3.8) is 0 Å². The van der Waals surface area contributed by atoms with Crippen molar-refractivity contribution in [1.82, 2.24) is 0 Å². The second kappa shape index (κ2) is 7.12. The molecule has 26 heavy (non-hydrogen) atoms. The van der Waals surface area contributed by atoms with Crippen LogP contribution in [-0.2, 0) is 22.0 Å². The minimum atomic E-state index is -3.36. The Morgan fingerprint density at radius 3 is 2.77 bits per heavy atom. The predicted molar refractivity (Wildman–Crippen MR) is 102 cm³/mol. The van der Waals surface area contributed by atoms with E-state index in [1.165, 1.54) is 0 Å². The van der Waals surface area contributed by atoms with Crippen molar-refractivity contribution in [2.75, 3.05) is 13.2 Å². The molecule has 0 aromatic heterocycles. The number of hydrogen-bond donors (Lipinski definition) is 0. The number of halogens is 1. The predicted octanol–water partition coefficient (Wildman–Crippen LogP) is 4.49. The van der Waals surface area contributed by atoms with Crippen LogP contribution in [0.1, 0.15) is 41.2 Å². The average Bonchev–Trinajstić information content (AvgIpc) is 2.86. The van der Waals surface area contributed by atoms with Crippen molar-refractivity contribution in [3.8, 4) is 11.5 Å². The molecule has 4 rings (SSSR count). The first kappa shape index (κ1) is 17.7. The van der Waals surface area contributed by atoms with E-state index in [4.69, 9.17) is 21.1 Å². The molecule has 2 aromatic carbocycles. The first-order chi connectivity index (χ1) is 12.5. The van der Waals surface area contributed by atoms with Crippen LogP contribution in [0.4, 0.5) is 0 Å². The average molecular weight is 393 g/mol. The summed E-state index contributed by atoms with van der Waals surface area (Å²) in [5.74, 6) is 0.986. The van der Waals surface area contributed by atoms with Gasteiger partial charge in [0.15, 0.2) is 21.3 Å². The van der Waals surface area contributed by atoms with Crippen LogP contribution < -0.4 is 9.47 Å². The summed E-state index contributed by atoms with van der Waals surface area (Å²) >= 11 is 6.32. The summed E-state index contributed by atoms with van der Waals surface area (Å²) in [5, 5.41) is -0.0548. The van der Waals surface area contributed by atoms with Crippen LogP contribution in [0.5, 0.6) is 11.5 Å². The highest BCUT2D eigenvalue weighted by Gasteiger charge is 2.32. The van der Waals surface area contributed by atoms with Gasteiger partial charge in [0.05, 0.1) is 29.2 Å². The van der Waals surface area contributed by atoms with E-state index in [2.05, 4.69) is 0 Å². The van der Waals surface area contributed by atoms with E-state index >= 15 is 0 Å². The molecule has 0 spiro atoms. The molecule has 0 fully saturated rings. The molecule has 4 nitrogen and oxygen atoms in total. The van der Waals surface area contributed by atoms with Crippen molar-refractivity contribution in [2.45, 2.75) is 36.7 Å². The van der Waals surface area contributed by atoms with Crippen molar-refractivity contribution in [3.05, 3.63) is 58.1 Å². The molecule has 1 heterocycles. The molecule has 6 heteroatoms. The summed E-state index contributed by atoms with van der Waals surface area (Å²) in [6.07, 6.45) is 3.27. The molecule has 0 radical (unpaired) electrons. The molecule has 138 valence electrons. The van der Waals surface area contributed by atoms with E-state index in [0.717, 1.165) is 30.4 Å². The molecule has 0 N–H and O–H groups in total. The maximum absolute atomic E-state index is 13.1. The van der Waals surface area contributed by atoms with Crippen molar-refractivity contribution in [1.29, 1.82) is 0 Å². The van der Waals surface area contributed by atoms with Gasteiger partial charge in [-0.2, -0.15) is 0 Å². The molecule has 0 bridgehead atoms. The Hall–Kier alpha value is -1.72. The monoisotopic (exact) mass is 392 g/mol. The number of benzene rings is 2. The van der Waals surface area contributed by atoms with E-state index in [0.29, 0.717) is 41.7 Å². The lowest BCUT2D eigenvalue weighted by Crippen LogP contribution is -2.20. The summed E-state index contributed by atoms with van der Waals surface area (Å²) in [6, 6.07) is 11.3. The standard InChI is InChI=1S/C20H21ClO4S/c21-17-11-14(12-18-20(17)25-10-4-9-24-18)13-26(22,23)19-8-3-6-15-5-1-2-7-16(15)19/h1-2,5,7,11-12,19H,3-4,6,8-10,13H2. The first-order valence-electron chi connectivity index (χ1n) is 8.92.